The smallest absolute Gasteiger partial charge is 0.262 e. The zero-order valence-electron chi connectivity index (χ0n) is 14.2. The maximum atomic E-state index is 13.2. The third-order valence-electron chi connectivity index (χ3n) is 4.95. The van der Waals surface area contributed by atoms with Gasteiger partial charge in [0.1, 0.15) is 0 Å². The normalized spacial score (nSPS) is 24.4. The number of likely N-dealkylation sites (tertiary alicyclic amines) is 1. The molecule has 1 aromatic rings. The van der Waals surface area contributed by atoms with Crippen LogP contribution in [0.25, 0.3) is 0 Å². The number of halogens is 2. The Morgan fingerprint density at radius 3 is 2.60 bits per heavy atom. The van der Waals surface area contributed by atoms with Crippen molar-refractivity contribution in [1.29, 1.82) is 0 Å². The number of hydrogen-bond acceptors (Lipinski definition) is 4. The molecule has 1 amide bonds. The summed E-state index contributed by atoms with van der Waals surface area (Å²) in [7, 11) is 0. The highest BCUT2D eigenvalue weighted by atomic mass is 19.3. The van der Waals surface area contributed by atoms with Crippen molar-refractivity contribution in [2.45, 2.75) is 50.4 Å². The van der Waals surface area contributed by atoms with Crippen LogP contribution in [-0.4, -0.2) is 53.6 Å². The van der Waals surface area contributed by atoms with Crippen molar-refractivity contribution in [3.63, 3.8) is 0 Å². The molecule has 25 heavy (non-hydrogen) atoms. The largest absolute Gasteiger partial charge is 0.393 e. The summed E-state index contributed by atoms with van der Waals surface area (Å²) in [5.74, 6) is -3.19. The molecule has 7 heteroatoms. The first-order chi connectivity index (χ1) is 11.9. The van der Waals surface area contributed by atoms with E-state index < -0.39 is 24.9 Å². The molecule has 2 aliphatic heterocycles. The molecule has 138 valence electrons. The molecule has 3 rings (SSSR count). The van der Waals surface area contributed by atoms with E-state index in [0.717, 1.165) is 43.6 Å². The van der Waals surface area contributed by atoms with Crippen molar-refractivity contribution in [2.75, 3.05) is 19.6 Å². The van der Waals surface area contributed by atoms with Gasteiger partial charge in [-0.2, -0.15) is 0 Å². The number of benzene rings is 1. The van der Waals surface area contributed by atoms with Gasteiger partial charge in [-0.3, -0.25) is 15.0 Å². The Morgan fingerprint density at radius 1 is 1.28 bits per heavy atom. The number of aliphatic hydroxyl groups is 1. The first kappa shape index (κ1) is 18.2. The topological polar surface area (TPSA) is 64.6 Å². The van der Waals surface area contributed by atoms with E-state index in [9.17, 15) is 18.7 Å². The number of carbonyl (C=O) groups is 1. The van der Waals surface area contributed by atoms with Crippen molar-refractivity contribution in [3.05, 3.63) is 35.4 Å². The van der Waals surface area contributed by atoms with Crippen molar-refractivity contribution in [1.82, 2.24) is 15.5 Å². The highest BCUT2D eigenvalue weighted by Crippen LogP contribution is 2.25. The zero-order chi connectivity index (χ0) is 17.9. The number of alkyl halides is 2. The molecule has 2 saturated heterocycles. The van der Waals surface area contributed by atoms with Gasteiger partial charge in [0.05, 0.1) is 18.7 Å². The van der Waals surface area contributed by atoms with E-state index in [2.05, 4.69) is 15.5 Å². The van der Waals surface area contributed by atoms with Crippen molar-refractivity contribution in [3.8, 4) is 0 Å². The quantitative estimate of drug-likeness (QED) is 0.746. The van der Waals surface area contributed by atoms with Gasteiger partial charge in [-0.1, -0.05) is 24.3 Å². The highest BCUT2D eigenvalue weighted by molar-refractivity contribution is 5.82. The summed E-state index contributed by atoms with van der Waals surface area (Å²) in [5, 5.41) is 14.9. The fourth-order valence-corrected chi connectivity index (χ4v) is 3.41. The molecule has 0 spiro atoms. The fraction of sp³-hybridized carbons (Fsp3) is 0.611. The van der Waals surface area contributed by atoms with Gasteiger partial charge >= 0.3 is 0 Å². The molecule has 2 aliphatic rings. The average molecular weight is 353 g/mol. The summed E-state index contributed by atoms with van der Waals surface area (Å²) in [6.07, 6.45) is 0.903. The van der Waals surface area contributed by atoms with E-state index in [1.54, 1.807) is 0 Å². The van der Waals surface area contributed by atoms with Crippen LogP contribution < -0.4 is 10.6 Å². The van der Waals surface area contributed by atoms with Crippen molar-refractivity contribution >= 4 is 5.91 Å². The summed E-state index contributed by atoms with van der Waals surface area (Å²) >= 11 is 0. The Labute approximate surface area is 146 Å². The molecule has 0 aromatic heterocycles. The molecule has 0 radical (unpaired) electrons. The van der Waals surface area contributed by atoms with Gasteiger partial charge in [0, 0.05) is 32.6 Å². The summed E-state index contributed by atoms with van der Waals surface area (Å²) in [6, 6.07) is 7.01. The Kier molecular flexibility index (Phi) is 5.66. The third-order valence-corrected chi connectivity index (χ3v) is 4.95. The predicted octanol–water partition coefficient (Wildman–Crippen LogP) is 1.26. The molecular weight excluding hydrogens is 328 g/mol. The molecule has 2 heterocycles. The second-order valence-corrected chi connectivity index (χ2v) is 6.99. The number of carbonyl (C=O) groups excluding carboxylic acids is 1. The Morgan fingerprint density at radius 2 is 1.96 bits per heavy atom. The third kappa shape index (κ3) is 4.96. The molecule has 1 atom stereocenters. The predicted molar refractivity (Wildman–Crippen MR) is 90.2 cm³/mol. The van der Waals surface area contributed by atoms with Gasteiger partial charge in [0.2, 0.25) is 5.91 Å². The average Bonchev–Trinajstić information content (AvgIpc) is 2.96. The van der Waals surface area contributed by atoms with Gasteiger partial charge in [-0.15, -0.1) is 0 Å². The number of nitrogens with zero attached hydrogens (tertiary/aromatic N) is 1. The molecule has 1 aromatic carbocycles. The molecule has 0 bridgehead atoms. The van der Waals surface area contributed by atoms with Crippen LogP contribution in [0.1, 0.15) is 30.4 Å². The molecule has 5 nitrogen and oxygen atoms in total. The maximum absolute atomic E-state index is 13.2. The lowest BCUT2D eigenvalue weighted by Crippen LogP contribution is -2.40. The van der Waals surface area contributed by atoms with E-state index in [0.29, 0.717) is 6.54 Å². The zero-order valence-corrected chi connectivity index (χ0v) is 14.2. The standard InChI is InChI=1S/C18H25F2N3O2/c19-18(20)9-16(22-12-18)17(25)21-10-13-3-1-2-4-14(13)11-23-7-5-15(24)6-8-23/h1-4,15-16,22,24H,5-12H2,(H,21,25). The summed E-state index contributed by atoms with van der Waals surface area (Å²) in [6.45, 7) is 2.35. The minimum absolute atomic E-state index is 0.206. The number of nitrogens with one attached hydrogen (secondary N) is 2. The lowest BCUT2D eigenvalue weighted by molar-refractivity contribution is -0.123. The van der Waals surface area contributed by atoms with Gasteiger partial charge < -0.3 is 10.4 Å². The number of hydrogen-bond donors (Lipinski definition) is 3. The van der Waals surface area contributed by atoms with Crippen LogP contribution in [-0.2, 0) is 17.9 Å². The van der Waals surface area contributed by atoms with E-state index in [4.69, 9.17) is 0 Å². The number of rotatable bonds is 5. The Bertz CT molecular complexity index is 604. The minimum Gasteiger partial charge on any atom is -0.393 e. The lowest BCUT2D eigenvalue weighted by Gasteiger charge is -2.30. The van der Waals surface area contributed by atoms with E-state index in [-0.39, 0.29) is 12.0 Å². The summed E-state index contributed by atoms with van der Waals surface area (Å²) < 4.78 is 26.4. The van der Waals surface area contributed by atoms with E-state index >= 15 is 0 Å². The maximum Gasteiger partial charge on any atom is 0.262 e. The van der Waals surface area contributed by atoms with E-state index in [1.165, 1.54) is 0 Å². The molecular formula is C18H25F2N3O2. The molecule has 0 saturated carbocycles. The van der Waals surface area contributed by atoms with Gasteiger partial charge in [-0.25, -0.2) is 8.78 Å². The lowest BCUT2D eigenvalue weighted by atomic mass is 10.0. The van der Waals surface area contributed by atoms with Crippen LogP contribution in [0.2, 0.25) is 0 Å². The van der Waals surface area contributed by atoms with Crippen LogP contribution in [0, 0.1) is 0 Å². The molecule has 0 aliphatic carbocycles. The summed E-state index contributed by atoms with van der Waals surface area (Å²) in [5.41, 5.74) is 2.11. The Balaban J connectivity index is 1.55. The number of piperidine rings is 1. The van der Waals surface area contributed by atoms with Gasteiger partial charge in [0.15, 0.2) is 0 Å². The second kappa shape index (κ2) is 7.76. The first-order valence-corrected chi connectivity index (χ1v) is 8.79. The fourth-order valence-electron chi connectivity index (χ4n) is 3.41. The number of amides is 1. The van der Waals surface area contributed by atoms with E-state index in [1.807, 2.05) is 24.3 Å². The van der Waals surface area contributed by atoms with Crippen molar-refractivity contribution in [2.24, 2.45) is 0 Å². The van der Waals surface area contributed by atoms with Crippen LogP contribution >= 0.6 is 0 Å². The number of aliphatic hydroxyl groups excluding tert-OH is 1. The molecule has 3 N–H and O–H groups in total. The van der Waals surface area contributed by atoms with Crippen LogP contribution in [0.3, 0.4) is 0 Å². The van der Waals surface area contributed by atoms with Crippen molar-refractivity contribution < 1.29 is 18.7 Å². The first-order valence-electron chi connectivity index (χ1n) is 8.79. The summed E-state index contributed by atoms with van der Waals surface area (Å²) in [4.78, 5) is 14.4. The minimum atomic E-state index is -2.81. The van der Waals surface area contributed by atoms with Crippen LogP contribution in [0.5, 0.6) is 0 Å². The Hall–Kier alpha value is -1.57. The second-order valence-electron chi connectivity index (χ2n) is 6.99. The monoisotopic (exact) mass is 353 g/mol. The van der Waals surface area contributed by atoms with Crippen LogP contribution in [0.15, 0.2) is 24.3 Å². The molecule has 1 unspecified atom stereocenters. The van der Waals surface area contributed by atoms with Gasteiger partial charge in [-0.05, 0) is 24.0 Å². The van der Waals surface area contributed by atoms with Gasteiger partial charge in [0.25, 0.3) is 5.92 Å². The molecule has 2 fully saturated rings. The highest BCUT2D eigenvalue weighted by Gasteiger charge is 2.42. The SMILES string of the molecule is O=C(NCc1ccccc1CN1CCC(O)CC1)C1CC(F)(F)CN1. The van der Waals surface area contributed by atoms with Crippen LogP contribution in [0.4, 0.5) is 8.78 Å².